The number of nitrogens with two attached hydrogens (primary N) is 1. The molecule has 144 heavy (non-hydrogen) atoms. The van der Waals surface area contributed by atoms with Crippen molar-refractivity contribution in [2.45, 2.75) is 231 Å². The number of carbonyl (C=O) groups excluding carboxylic acids is 4. The Labute approximate surface area is 856 Å². The first-order valence-electron chi connectivity index (χ1n) is 45.6. The topological polar surface area (TPSA) is 586 Å². The average Bonchev–Trinajstić information content (AvgIpc) is 1.63. The van der Waals surface area contributed by atoms with Crippen molar-refractivity contribution in [1.82, 2.24) is 38.2 Å². The average molecular weight is 2190 g/mol. The zero-order valence-electron chi connectivity index (χ0n) is 81.7. The molecule has 8 unspecified atom stereocenters. The number of aliphatic hydroxyl groups excluding tert-OH is 4. The number of nitrogens with one attached hydrogen (secondary N) is 3. The van der Waals surface area contributed by atoms with Crippen molar-refractivity contribution in [3.63, 3.8) is 0 Å². The third-order valence-corrected chi connectivity index (χ3v) is 31.6. The molecule has 4 aliphatic rings. The van der Waals surface area contributed by atoms with Crippen LogP contribution in [0.1, 0.15) is 136 Å². The molecule has 792 valence electrons. The lowest BCUT2D eigenvalue weighted by atomic mass is 9.96. The molecule has 0 spiro atoms. The van der Waals surface area contributed by atoms with Gasteiger partial charge in [0.2, 0.25) is 4.77 Å². The van der Waals surface area contributed by atoms with E-state index < -0.39 is 205 Å². The largest absolute Gasteiger partial charge is 0.463 e. The van der Waals surface area contributed by atoms with E-state index in [-0.39, 0.29) is 103 Å². The Morgan fingerprint density at radius 1 is 0.375 bits per heavy atom. The maximum atomic E-state index is 13.8. The van der Waals surface area contributed by atoms with Crippen molar-refractivity contribution in [3.05, 3.63) is 215 Å². The highest BCUT2D eigenvalue weighted by atomic mass is 32.1. The van der Waals surface area contributed by atoms with Gasteiger partial charge in [-0.15, -0.1) is 0 Å². The van der Waals surface area contributed by atoms with Crippen LogP contribution in [-0.4, -0.2) is 250 Å². The molecular formula is C92H125N9O34P4S5. The van der Waals surface area contributed by atoms with Crippen LogP contribution in [0.25, 0.3) is 0 Å². The molecule has 0 bridgehead atoms. The van der Waals surface area contributed by atoms with E-state index in [2.05, 4.69) is 19.9 Å². The molecule has 12 rings (SSSR count). The number of para-hydroxylation sites is 4. The van der Waals surface area contributed by atoms with Crippen LogP contribution >= 0.6 is 91.5 Å². The van der Waals surface area contributed by atoms with Gasteiger partial charge in [-0.1, -0.05) is 125 Å². The molecule has 0 saturated carbocycles. The van der Waals surface area contributed by atoms with Crippen LogP contribution in [0.15, 0.2) is 180 Å². The van der Waals surface area contributed by atoms with Gasteiger partial charge in [-0.3, -0.25) is 70.3 Å². The van der Waals surface area contributed by atoms with E-state index in [0.717, 1.165) is 4.57 Å². The lowest BCUT2D eigenvalue weighted by molar-refractivity contribution is -0.152. The fraction of sp³-hybridized carbons (Fsp3) is 0.522. The summed E-state index contributed by atoms with van der Waals surface area (Å²) in [7, 11) is -15.9. The molecule has 4 aliphatic heterocycles. The number of esters is 4. The van der Waals surface area contributed by atoms with Gasteiger partial charge in [-0.05, 0) is 186 Å². The van der Waals surface area contributed by atoms with Crippen molar-refractivity contribution < 1.29 is 152 Å². The Bertz CT molecular complexity index is 5850. The van der Waals surface area contributed by atoms with Crippen LogP contribution in [0.4, 0.5) is 5.82 Å². The predicted octanol–water partition coefficient (Wildman–Crippen LogP) is 12.8. The second-order valence-electron chi connectivity index (χ2n) is 36.4. The van der Waals surface area contributed by atoms with E-state index in [4.69, 9.17) is 141 Å². The molecule has 52 heteroatoms. The van der Waals surface area contributed by atoms with Crippen molar-refractivity contribution in [2.75, 3.05) is 56.8 Å². The number of hydrogen-bond donors (Lipinski definition) is 12. The minimum Gasteiger partial charge on any atom is -0.463 e. The minimum atomic E-state index is -3.99. The summed E-state index contributed by atoms with van der Waals surface area (Å²) < 4.78 is 151. The first-order chi connectivity index (χ1) is 67.3. The number of ether oxygens (including phenoxy) is 8. The number of nitrogen functional groups attached to an aromatic ring is 1. The summed E-state index contributed by atoms with van der Waals surface area (Å²) in [5, 5.41) is 87.0. The fourth-order valence-electron chi connectivity index (χ4n) is 14.8. The molecule has 24 atom stereocenters. The van der Waals surface area contributed by atoms with Gasteiger partial charge in [0.15, 0.2) is 34.5 Å². The third kappa shape index (κ3) is 32.5. The molecular weight excluding hydrogens is 2060 g/mol. The number of H-pyrrole nitrogens is 3. The Morgan fingerprint density at radius 2 is 0.618 bits per heavy atom. The van der Waals surface area contributed by atoms with Gasteiger partial charge in [-0.25, -0.2) is 28.0 Å². The van der Waals surface area contributed by atoms with Crippen LogP contribution in [-0.2, 0) is 93.4 Å². The molecule has 0 amide bonds. The number of aromatic nitrogens is 8. The maximum Gasteiger partial charge on any atom is 0.380 e. The lowest BCUT2D eigenvalue weighted by Gasteiger charge is -2.28. The number of aliphatic hydroxyl groups is 8. The standard InChI is InChI=1S/C23H32N3O8PS.2C23H31N2O9PS.C23H31N2O8PS2/c1-14(2)32-20(28)15(3)13-35(30,34-16-8-6-5-7-9-16)31-12-17-19(27)23(4,29)21(33-17)26-11-10-18(24)25-22(26)36;1-14(2)32-20(27)15(3)13-35(30,34-16-8-6-5-7-9-16)31-12-17-19(26)23(4,29)21(33-17)25-11-10-18(36)24-22(25)28;1-14(2)32-20(28)15(3)13-35(30,34-16-8-6-5-7-9-16)31-12-17-19(27)23(4,29)21(33-17)25-11-10-18(26)24-22(25)36;1-14(2)31-20(27)15(3)13-34(29,33-16-8-6-5-7-9-16)30-12-17-19(26)23(4,28)21(32-17)25-11-10-18(35)24-22(25)36/h5-11,14-15,17,19,21,27,29H,12-13H2,1-4H3,(H2,24,25,36);5-11,14-15,17,19,21,26,29H,12-13H2,1-4H3,(H,24,28,36);5-11,14-15,17,19,21,27,29H,12-13H2,1-4H3,(H,24,26,36);5-11,14-15,17,19,21,26,28H,12-13H2,1-4H3,(H,24,35,36)/t3*15-,17-,19+,21-,23?,35?;15-,17-,19+,21-,23?,34?/m1111/s1. The third-order valence-electron chi connectivity index (χ3n) is 22.1. The summed E-state index contributed by atoms with van der Waals surface area (Å²) in [5.41, 5.74) is -2.70. The Morgan fingerprint density at radius 3 is 0.875 bits per heavy atom. The van der Waals surface area contributed by atoms with Gasteiger partial charge in [0.25, 0.3) is 5.56 Å². The molecule has 43 nitrogen and oxygen atoms in total. The van der Waals surface area contributed by atoms with Gasteiger partial charge in [0.1, 0.15) is 109 Å². The number of nitrogens with zero attached hydrogens (tertiary/aromatic N) is 5. The summed E-state index contributed by atoms with van der Waals surface area (Å²) in [6.07, 6.45) is -11.8. The van der Waals surface area contributed by atoms with E-state index in [1.165, 1.54) is 78.2 Å². The first-order valence-corrected chi connectivity index (χ1v) is 54.5. The Hall–Kier alpha value is -8.94. The predicted molar refractivity (Wildman–Crippen MR) is 535 cm³/mol. The van der Waals surface area contributed by atoms with Crippen LogP contribution in [0, 0.1) is 47.3 Å². The van der Waals surface area contributed by atoms with E-state index in [9.17, 15) is 87.9 Å². The Balaban J connectivity index is 0.000000214. The SMILES string of the molecule is CC(C)OC(=O)[C@H](C)CP(=O)(OC[C@H]1O[C@@H](n2ccc(=O)[nH]c2=S)C(C)(O)[C@H]1O)Oc1ccccc1.CC(C)OC(=O)[C@H](C)CP(=O)(OC[C@H]1O[C@@H](n2ccc(=S)[nH]c2=O)C(C)(O)[C@H]1O)Oc1ccccc1.CC(C)OC(=O)[C@H](C)CP(=O)(OC[C@H]1O[C@@H](n2ccc(=S)[nH]c2=S)C(C)(O)[C@H]1O)Oc1ccccc1.CC(C)OC(=O)[C@H](C)CP(=O)(OC[C@H]1O[C@@H](n2ccc(N)nc2=S)C(C)(O)[C@H]1O)Oc1ccccc1. The Kier molecular flexibility index (Phi) is 42.3. The molecule has 0 aliphatic carbocycles. The molecule has 0 radical (unpaired) electrons. The maximum absolute atomic E-state index is 13.8. The molecule has 4 aromatic carbocycles. The van der Waals surface area contributed by atoms with Gasteiger partial charge < -0.3 is 108 Å². The van der Waals surface area contributed by atoms with Crippen LogP contribution in [0.3, 0.4) is 0 Å². The van der Waals surface area contributed by atoms with Gasteiger partial charge in [0, 0.05) is 30.9 Å². The number of anilines is 1. The number of hydrogen-bond acceptors (Lipinski definition) is 41. The quantitative estimate of drug-likeness (QED) is 0.00734. The summed E-state index contributed by atoms with van der Waals surface area (Å²) in [6.45, 7) is 23.7. The minimum absolute atomic E-state index is 0.0166. The van der Waals surface area contributed by atoms with Gasteiger partial charge in [-0.2, -0.15) is 0 Å². The van der Waals surface area contributed by atoms with Crippen LogP contribution in [0.5, 0.6) is 23.0 Å². The summed E-state index contributed by atoms with van der Waals surface area (Å²) in [6, 6.07) is 39.1. The van der Waals surface area contributed by atoms with Crippen molar-refractivity contribution >= 4 is 121 Å². The zero-order chi connectivity index (χ0) is 107. The van der Waals surface area contributed by atoms with Crippen LogP contribution in [0.2, 0.25) is 0 Å². The fourth-order valence-corrected chi connectivity index (χ4v) is 23.4. The first kappa shape index (κ1) is 119. The molecule has 8 heterocycles. The highest BCUT2D eigenvalue weighted by Crippen LogP contribution is 2.56. The van der Waals surface area contributed by atoms with Gasteiger partial charge in [0.05, 0.1) is 99.2 Å². The molecule has 8 aromatic rings. The lowest BCUT2D eigenvalue weighted by Crippen LogP contribution is -2.46. The molecule has 13 N–H and O–H groups in total. The van der Waals surface area contributed by atoms with E-state index in [1.54, 1.807) is 217 Å². The van der Waals surface area contributed by atoms with Crippen molar-refractivity contribution in [2.24, 2.45) is 23.7 Å². The van der Waals surface area contributed by atoms with Crippen LogP contribution < -0.4 is 35.1 Å². The second kappa shape index (κ2) is 51.3. The number of rotatable bonds is 40. The van der Waals surface area contributed by atoms with Gasteiger partial charge >= 0.3 is 60.0 Å². The highest BCUT2D eigenvalue weighted by Gasteiger charge is 2.58. The van der Waals surface area contributed by atoms with Crippen molar-refractivity contribution in [1.29, 1.82) is 0 Å². The molecule has 4 fully saturated rings. The second-order valence-corrected chi connectivity index (χ2v) is 46.5. The number of carbonyl (C=O) groups is 4. The molecule has 4 aromatic heterocycles. The zero-order valence-corrected chi connectivity index (χ0v) is 89.4. The van der Waals surface area contributed by atoms with E-state index in [0.29, 0.717) is 4.64 Å². The number of benzene rings is 4. The summed E-state index contributed by atoms with van der Waals surface area (Å²) in [5.74, 6) is -4.15. The van der Waals surface area contributed by atoms with Crippen molar-refractivity contribution in [3.8, 4) is 23.0 Å². The summed E-state index contributed by atoms with van der Waals surface area (Å²) in [4.78, 5) is 84.9. The normalized spacial score (nSPS) is 26.4. The highest BCUT2D eigenvalue weighted by molar-refractivity contribution is 7.72. The monoisotopic (exact) mass is 2180 g/mol. The smallest absolute Gasteiger partial charge is 0.380 e. The molecule has 4 saturated heterocycles. The van der Waals surface area contributed by atoms with E-state index >= 15 is 0 Å². The summed E-state index contributed by atoms with van der Waals surface area (Å²) >= 11 is 25.6. The van der Waals surface area contributed by atoms with E-state index in [1.807, 2.05) is 0 Å². The number of aromatic amines is 3.